The molecule has 0 bridgehead atoms. The maximum absolute atomic E-state index is 12.1. The number of urea groups is 1. The van der Waals surface area contributed by atoms with E-state index in [4.69, 9.17) is 0 Å². The van der Waals surface area contributed by atoms with Gasteiger partial charge in [0.2, 0.25) is 5.91 Å². The minimum absolute atomic E-state index is 0.102. The Kier molecular flexibility index (Phi) is 4.92. The second-order valence-electron chi connectivity index (χ2n) is 5.96. The minimum Gasteiger partial charge on any atom is -0.336 e. The second kappa shape index (κ2) is 7.10. The predicted molar refractivity (Wildman–Crippen MR) is 84.7 cm³/mol. The molecule has 8 nitrogen and oxygen atoms in total. The SMILES string of the molecule is CCn1ccnc1CN1CCN(CC(=O)N2CCNC2=O)CC1. The lowest BCUT2D eigenvalue weighted by Crippen LogP contribution is -2.50. The molecule has 3 heterocycles. The van der Waals surface area contributed by atoms with Gasteiger partial charge in [0.05, 0.1) is 13.1 Å². The quantitative estimate of drug-likeness (QED) is 0.797. The summed E-state index contributed by atoms with van der Waals surface area (Å²) in [5.41, 5.74) is 0. The van der Waals surface area contributed by atoms with E-state index in [0.29, 0.717) is 19.6 Å². The summed E-state index contributed by atoms with van der Waals surface area (Å²) in [5.74, 6) is 0.987. The molecule has 23 heavy (non-hydrogen) atoms. The van der Waals surface area contributed by atoms with Crippen LogP contribution in [0.25, 0.3) is 0 Å². The Morgan fingerprint density at radius 2 is 1.96 bits per heavy atom. The van der Waals surface area contributed by atoms with Gasteiger partial charge in [0.25, 0.3) is 0 Å². The molecule has 0 saturated carbocycles. The van der Waals surface area contributed by atoms with Crippen LogP contribution in [0.3, 0.4) is 0 Å². The molecule has 0 aliphatic carbocycles. The average Bonchev–Trinajstić information content (AvgIpc) is 3.17. The first-order valence-electron chi connectivity index (χ1n) is 8.20. The zero-order valence-electron chi connectivity index (χ0n) is 13.6. The highest BCUT2D eigenvalue weighted by atomic mass is 16.2. The van der Waals surface area contributed by atoms with Crippen LogP contribution in [0.5, 0.6) is 0 Å². The molecule has 8 heteroatoms. The highest BCUT2D eigenvalue weighted by Crippen LogP contribution is 2.08. The Morgan fingerprint density at radius 1 is 1.22 bits per heavy atom. The molecule has 2 aliphatic heterocycles. The van der Waals surface area contributed by atoms with Crippen molar-refractivity contribution in [3.8, 4) is 0 Å². The highest BCUT2D eigenvalue weighted by molar-refractivity contribution is 5.96. The van der Waals surface area contributed by atoms with Crippen LogP contribution in [0, 0.1) is 0 Å². The van der Waals surface area contributed by atoms with Gasteiger partial charge in [0.1, 0.15) is 5.82 Å². The average molecular weight is 320 g/mol. The number of carbonyl (C=O) groups excluding carboxylic acids is 2. The minimum atomic E-state index is -0.264. The summed E-state index contributed by atoms with van der Waals surface area (Å²) in [4.78, 5) is 33.8. The van der Waals surface area contributed by atoms with Crippen molar-refractivity contribution >= 4 is 11.9 Å². The van der Waals surface area contributed by atoms with Crippen molar-refractivity contribution in [1.82, 2.24) is 29.6 Å². The van der Waals surface area contributed by atoms with Gasteiger partial charge in [-0.1, -0.05) is 0 Å². The van der Waals surface area contributed by atoms with Crippen molar-refractivity contribution in [1.29, 1.82) is 0 Å². The van der Waals surface area contributed by atoms with Crippen molar-refractivity contribution in [3.63, 3.8) is 0 Å². The smallest absolute Gasteiger partial charge is 0.324 e. The van der Waals surface area contributed by atoms with Gasteiger partial charge in [-0.25, -0.2) is 9.78 Å². The van der Waals surface area contributed by atoms with Crippen LogP contribution >= 0.6 is 0 Å². The number of aryl methyl sites for hydroxylation is 1. The van der Waals surface area contributed by atoms with Crippen molar-refractivity contribution in [2.45, 2.75) is 20.0 Å². The van der Waals surface area contributed by atoms with E-state index in [1.807, 2.05) is 12.4 Å². The number of aromatic nitrogens is 2. The maximum Gasteiger partial charge on any atom is 0.324 e. The molecular formula is C15H24N6O2. The Labute approximate surface area is 136 Å². The van der Waals surface area contributed by atoms with Crippen molar-refractivity contribution in [2.24, 2.45) is 0 Å². The number of piperazine rings is 1. The second-order valence-corrected chi connectivity index (χ2v) is 5.96. The Bertz CT molecular complexity index is 564. The zero-order valence-corrected chi connectivity index (χ0v) is 13.6. The molecule has 126 valence electrons. The van der Waals surface area contributed by atoms with Gasteiger partial charge < -0.3 is 9.88 Å². The molecule has 3 rings (SSSR count). The first-order valence-corrected chi connectivity index (χ1v) is 8.20. The zero-order chi connectivity index (χ0) is 16.2. The van der Waals surface area contributed by atoms with Gasteiger partial charge in [-0.3, -0.25) is 19.5 Å². The summed E-state index contributed by atoms with van der Waals surface area (Å²) in [6, 6.07) is -0.264. The van der Waals surface area contributed by atoms with E-state index in [0.717, 1.165) is 45.1 Å². The van der Waals surface area contributed by atoms with Gasteiger partial charge in [-0.05, 0) is 6.92 Å². The van der Waals surface area contributed by atoms with Gasteiger partial charge >= 0.3 is 6.03 Å². The van der Waals surface area contributed by atoms with Gasteiger partial charge in [0.15, 0.2) is 0 Å². The monoisotopic (exact) mass is 320 g/mol. The van der Waals surface area contributed by atoms with Crippen molar-refractivity contribution in [2.75, 3.05) is 45.8 Å². The number of rotatable bonds is 5. The molecule has 2 saturated heterocycles. The summed E-state index contributed by atoms with van der Waals surface area (Å²) in [6.07, 6.45) is 3.85. The molecule has 2 fully saturated rings. The van der Waals surface area contributed by atoms with E-state index in [1.165, 1.54) is 4.90 Å². The third-order valence-corrected chi connectivity index (χ3v) is 4.49. The van der Waals surface area contributed by atoms with Gasteiger partial charge in [0, 0.05) is 58.2 Å². The molecule has 3 amide bonds. The van der Waals surface area contributed by atoms with E-state index >= 15 is 0 Å². The lowest BCUT2D eigenvalue weighted by atomic mass is 10.3. The number of amides is 3. The molecule has 0 spiro atoms. The topological polar surface area (TPSA) is 73.7 Å². The fraction of sp³-hybridized carbons (Fsp3) is 0.667. The fourth-order valence-electron chi connectivity index (χ4n) is 3.07. The molecule has 1 aromatic heterocycles. The van der Waals surface area contributed by atoms with E-state index in [-0.39, 0.29) is 11.9 Å². The molecule has 0 unspecified atom stereocenters. The molecule has 0 aromatic carbocycles. The Balaban J connectivity index is 1.45. The van der Waals surface area contributed by atoms with Crippen LogP contribution in [0.1, 0.15) is 12.7 Å². The molecule has 2 aliphatic rings. The van der Waals surface area contributed by atoms with E-state index < -0.39 is 0 Å². The van der Waals surface area contributed by atoms with E-state index in [2.05, 4.69) is 31.6 Å². The van der Waals surface area contributed by atoms with E-state index in [1.54, 1.807) is 0 Å². The lowest BCUT2D eigenvalue weighted by Gasteiger charge is -2.34. The third-order valence-electron chi connectivity index (χ3n) is 4.49. The molecule has 1 N–H and O–H groups in total. The number of carbonyl (C=O) groups is 2. The number of imidazole rings is 1. The van der Waals surface area contributed by atoms with Crippen LogP contribution in [-0.2, 0) is 17.9 Å². The van der Waals surface area contributed by atoms with Crippen LogP contribution in [0.15, 0.2) is 12.4 Å². The predicted octanol–water partition coefficient (Wildman–Crippen LogP) is -0.428. The first-order chi connectivity index (χ1) is 11.2. The summed E-state index contributed by atoms with van der Waals surface area (Å²) < 4.78 is 2.15. The molecule has 0 radical (unpaired) electrons. The lowest BCUT2D eigenvalue weighted by molar-refractivity contribution is -0.129. The maximum atomic E-state index is 12.1. The number of nitrogens with zero attached hydrogens (tertiary/aromatic N) is 5. The standard InChI is InChI=1S/C15H24N6O2/c1-2-20-5-3-16-13(20)11-18-7-9-19(10-8-18)12-14(22)21-6-4-17-15(21)23/h3,5H,2,4,6-12H2,1H3,(H,17,23). The molecule has 0 atom stereocenters. The van der Waals surface area contributed by atoms with Crippen molar-refractivity contribution < 1.29 is 9.59 Å². The normalized spacial score (nSPS) is 20.0. The van der Waals surface area contributed by atoms with Crippen molar-refractivity contribution in [3.05, 3.63) is 18.2 Å². The molecular weight excluding hydrogens is 296 g/mol. The van der Waals surface area contributed by atoms with Crippen LogP contribution in [0.4, 0.5) is 4.79 Å². The largest absolute Gasteiger partial charge is 0.336 e. The Morgan fingerprint density at radius 3 is 2.61 bits per heavy atom. The van der Waals surface area contributed by atoms with Gasteiger partial charge in [-0.15, -0.1) is 0 Å². The number of hydrogen-bond acceptors (Lipinski definition) is 5. The Hall–Kier alpha value is -1.93. The van der Waals surface area contributed by atoms with Crippen LogP contribution < -0.4 is 5.32 Å². The highest BCUT2D eigenvalue weighted by Gasteiger charge is 2.28. The first kappa shape index (κ1) is 15.9. The van der Waals surface area contributed by atoms with E-state index in [9.17, 15) is 9.59 Å². The fourth-order valence-corrected chi connectivity index (χ4v) is 3.07. The van der Waals surface area contributed by atoms with Crippen LogP contribution in [-0.4, -0.2) is 82.0 Å². The summed E-state index contributed by atoms with van der Waals surface area (Å²) >= 11 is 0. The number of imide groups is 1. The third kappa shape index (κ3) is 3.70. The summed E-state index contributed by atoms with van der Waals surface area (Å²) in [6.45, 7) is 8.76. The van der Waals surface area contributed by atoms with Crippen LogP contribution in [0.2, 0.25) is 0 Å². The number of hydrogen-bond donors (Lipinski definition) is 1. The number of nitrogens with one attached hydrogen (secondary N) is 1. The van der Waals surface area contributed by atoms with Gasteiger partial charge in [-0.2, -0.15) is 0 Å². The summed E-state index contributed by atoms with van der Waals surface area (Å²) in [7, 11) is 0. The molecule has 1 aromatic rings. The summed E-state index contributed by atoms with van der Waals surface area (Å²) in [5, 5.41) is 2.66.